The third-order valence-corrected chi connectivity index (χ3v) is 4.34. The van der Waals surface area contributed by atoms with Crippen LogP contribution in [0.5, 0.6) is 0 Å². The van der Waals surface area contributed by atoms with E-state index in [-0.39, 0.29) is 57.4 Å². The second-order valence-corrected chi connectivity index (χ2v) is 7.09. The maximum Gasteiger partial charge on any atom is 1.00 e. The maximum atomic E-state index is 10.6. The number of aliphatic carboxylic acids is 1. The van der Waals surface area contributed by atoms with Crippen molar-refractivity contribution in [2.45, 2.75) is 96.8 Å². The number of hydrogen-bond donors (Lipinski definition) is 2. The quantitative estimate of drug-likeness (QED) is 0.144. The summed E-state index contributed by atoms with van der Waals surface area (Å²) in [5.74, 6) is -1.15. The zero-order valence-electron chi connectivity index (χ0n) is 19.2. The third kappa shape index (κ3) is 38.3. The SMILES string of the molecule is CC(=O)OCCCCCCCCCCCCCCCCNC([NH-])=O.[CH2-][CH-]C(=O)O.[K+]. The first-order valence-electron chi connectivity index (χ1n) is 10.9. The van der Waals surface area contributed by atoms with E-state index >= 15 is 0 Å². The zero-order valence-corrected chi connectivity index (χ0v) is 22.3. The molecule has 0 spiro atoms. The Balaban J connectivity index is -0.00000108. The van der Waals surface area contributed by atoms with Crippen LogP contribution in [0.2, 0.25) is 0 Å². The fraction of sp³-hybridized carbons (Fsp3) is 0.773. The van der Waals surface area contributed by atoms with Gasteiger partial charge in [0.25, 0.3) is 0 Å². The molecule has 3 N–H and O–H groups in total. The molecule has 0 aromatic carbocycles. The minimum atomic E-state index is -0.981. The number of carboxylic acids is 1. The van der Waals surface area contributed by atoms with Crippen molar-refractivity contribution in [2.75, 3.05) is 13.2 Å². The number of rotatable bonds is 18. The van der Waals surface area contributed by atoms with Crippen molar-refractivity contribution >= 4 is 18.0 Å². The number of ether oxygens (including phenoxy) is 1. The Morgan fingerprint density at radius 2 is 1.17 bits per heavy atom. The van der Waals surface area contributed by atoms with Gasteiger partial charge < -0.3 is 34.2 Å². The normalized spacial score (nSPS) is 9.53. The van der Waals surface area contributed by atoms with Gasteiger partial charge in [-0.3, -0.25) is 14.4 Å². The van der Waals surface area contributed by atoms with E-state index in [0.717, 1.165) is 25.7 Å². The van der Waals surface area contributed by atoms with Gasteiger partial charge >= 0.3 is 57.4 Å². The Morgan fingerprint density at radius 1 is 0.833 bits per heavy atom. The number of unbranched alkanes of at least 4 members (excludes halogenated alkanes) is 13. The molecule has 0 unspecified atom stereocenters. The van der Waals surface area contributed by atoms with Gasteiger partial charge in [-0.2, -0.15) is 0 Å². The maximum absolute atomic E-state index is 10.6. The van der Waals surface area contributed by atoms with Crippen LogP contribution >= 0.6 is 0 Å². The van der Waals surface area contributed by atoms with Gasteiger partial charge in [0.05, 0.1) is 6.61 Å². The van der Waals surface area contributed by atoms with Crippen LogP contribution in [-0.4, -0.2) is 36.2 Å². The minimum absolute atomic E-state index is 0. The van der Waals surface area contributed by atoms with Gasteiger partial charge in [-0.1, -0.05) is 90.0 Å². The average Bonchev–Trinajstić information content (AvgIpc) is 2.67. The van der Waals surface area contributed by atoms with Gasteiger partial charge in [0.2, 0.25) is 0 Å². The molecular weight excluding hydrogens is 411 g/mol. The number of carboxylic acid groups (broad SMARTS) is 1. The second-order valence-electron chi connectivity index (χ2n) is 7.09. The smallest absolute Gasteiger partial charge is 0.505 e. The molecule has 0 radical (unpaired) electrons. The van der Waals surface area contributed by atoms with Crippen molar-refractivity contribution in [1.29, 1.82) is 0 Å². The van der Waals surface area contributed by atoms with Gasteiger partial charge in [0.1, 0.15) is 12.0 Å². The van der Waals surface area contributed by atoms with Gasteiger partial charge in [0, 0.05) is 6.92 Å². The van der Waals surface area contributed by atoms with Crippen LogP contribution < -0.4 is 56.7 Å². The predicted octanol–water partition coefficient (Wildman–Crippen LogP) is 2.89. The van der Waals surface area contributed by atoms with Crippen molar-refractivity contribution in [2.24, 2.45) is 0 Å². The summed E-state index contributed by atoms with van der Waals surface area (Å²) in [4.78, 5) is 30.2. The van der Waals surface area contributed by atoms with Crippen LogP contribution in [0.1, 0.15) is 96.8 Å². The molecule has 0 saturated heterocycles. The van der Waals surface area contributed by atoms with E-state index in [1.54, 1.807) is 0 Å². The Hall–Kier alpha value is -0.284. The molecule has 30 heavy (non-hydrogen) atoms. The van der Waals surface area contributed by atoms with E-state index in [1.165, 1.54) is 77.6 Å². The fourth-order valence-corrected chi connectivity index (χ4v) is 2.77. The van der Waals surface area contributed by atoms with E-state index in [9.17, 15) is 14.4 Å². The summed E-state index contributed by atoms with van der Waals surface area (Å²) in [7, 11) is 0. The Kier molecular flexibility index (Phi) is 32.9. The van der Waals surface area contributed by atoms with E-state index < -0.39 is 12.0 Å². The van der Waals surface area contributed by atoms with E-state index in [4.69, 9.17) is 15.6 Å². The van der Waals surface area contributed by atoms with Crippen molar-refractivity contribution in [3.63, 3.8) is 0 Å². The Bertz CT molecular complexity index is 379. The molecule has 0 aliphatic rings. The largest absolute Gasteiger partial charge is 1.00 e. The molecule has 0 aromatic heterocycles. The molecule has 0 rings (SSSR count). The van der Waals surface area contributed by atoms with Gasteiger partial charge in [-0.05, 0) is 6.42 Å². The standard InChI is InChI=1S/C19H38N2O3.C3H4O2.K/c1-18(22)24-17-15-13-11-9-7-5-3-2-4-6-8-10-12-14-16-21-19(20)23;1-2-3(4)5;/h2-17H2,1H3,(H3,20,21,23);2H,1H2,(H,4,5);/q;-2;+1/p-1. The van der Waals surface area contributed by atoms with Crippen LogP contribution in [-0.2, 0) is 14.3 Å². The number of hydrogen-bond acceptors (Lipinski definition) is 4. The third-order valence-electron chi connectivity index (χ3n) is 4.34. The molecule has 0 saturated carbocycles. The number of urea groups is 1. The molecule has 0 aliphatic carbocycles. The number of carbonyl (C=O) groups is 3. The van der Waals surface area contributed by atoms with Gasteiger partial charge in [-0.15, -0.1) is 0 Å². The summed E-state index contributed by atoms with van der Waals surface area (Å²) in [5, 5.41) is 10.1. The summed E-state index contributed by atoms with van der Waals surface area (Å²) in [6.07, 6.45) is 18.2. The summed E-state index contributed by atoms with van der Waals surface area (Å²) >= 11 is 0. The molecule has 0 fully saturated rings. The van der Waals surface area contributed by atoms with Crippen molar-refractivity contribution in [3.8, 4) is 0 Å². The molecule has 0 atom stereocenters. The average molecular weight is 453 g/mol. The van der Waals surface area contributed by atoms with Crippen LogP contribution in [0, 0.1) is 13.3 Å². The Labute approximate surface area is 226 Å². The molecule has 0 aromatic rings. The summed E-state index contributed by atoms with van der Waals surface area (Å²) in [5.41, 5.74) is 6.72. The molecule has 0 heterocycles. The first-order valence-corrected chi connectivity index (χ1v) is 10.9. The second kappa shape index (κ2) is 28.7. The van der Waals surface area contributed by atoms with Gasteiger partial charge in [-0.25, -0.2) is 0 Å². The van der Waals surface area contributed by atoms with Gasteiger partial charge in [0.15, 0.2) is 0 Å². The minimum Gasteiger partial charge on any atom is -0.505 e. The molecule has 0 aliphatic heterocycles. The molecule has 2 amide bonds. The zero-order chi connectivity index (χ0) is 22.2. The van der Waals surface area contributed by atoms with Crippen LogP contribution in [0.4, 0.5) is 4.79 Å². The summed E-state index contributed by atoms with van der Waals surface area (Å²) in [6.45, 7) is 5.64. The summed E-state index contributed by atoms with van der Waals surface area (Å²) in [6, 6.07) is -0.669. The first-order chi connectivity index (χ1) is 13.9. The molecular formula is C22H41KN2O5-2. The predicted molar refractivity (Wildman–Crippen MR) is 116 cm³/mol. The van der Waals surface area contributed by atoms with Crippen molar-refractivity contribution in [3.05, 3.63) is 19.1 Å². The first kappa shape index (κ1) is 34.3. The molecule has 7 nitrogen and oxygen atoms in total. The number of carbonyl (C=O) groups excluding carboxylic acids is 2. The molecule has 8 heteroatoms. The Morgan fingerprint density at radius 3 is 1.47 bits per heavy atom. The topological polar surface area (TPSA) is 116 Å². The molecule has 172 valence electrons. The van der Waals surface area contributed by atoms with Crippen LogP contribution in [0.25, 0.3) is 5.73 Å². The van der Waals surface area contributed by atoms with E-state index in [1.807, 2.05) is 0 Å². The summed E-state index contributed by atoms with van der Waals surface area (Å²) < 4.78 is 4.91. The number of amides is 2. The van der Waals surface area contributed by atoms with Crippen LogP contribution in [0.15, 0.2) is 0 Å². The number of nitrogens with one attached hydrogen (secondary N) is 2. The molecule has 0 bridgehead atoms. The van der Waals surface area contributed by atoms with Crippen molar-refractivity contribution in [1.82, 2.24) is 5.32 Å². The number of esters is 1. The van der Waals surface area contributed by atoms with Crippen LogP contribution in [0.3, 0.4) is 0 Å². The monoisotopic (exact) mass is 452 g/mol. The van der Waals surface area contributed by atoms with E-state index in [0.29, 0.717) is 13.2 Å². The fourth-order valence-electron chi connectivity index (χ4n) is 2.77. The van der Waals surface area contributed by atoms with E-state index in [2.05, 4.69) is 12.2 Å². The van der Waals surface area contributed by atoms with Crippen molar-refractivity contribution < 1.29 is 75.6 Å².